The molecule has 120 valence electrons. The Kier molecular flexibility index (Phi) is 7.37. The highest BCUT2D eigenvalue weighted by molar-refractivity contribution is 5.94. The first-order valence-electron chi connectivity index (χ1n) is 7.82. The Morgan fingerprint density at radius 1 is 1.18 bits per heavy atom. The molecule has 0 bridgehead atoms. The van der Waals surface area contributed by atoms with E-state index in [2.05, 4.69) is 10.6 Å². The summed E-state index contributed by atoms with van der Waals surface area (Å²) in [4.78, 5) is 23.8. The zero-order valence-corrected chi connectivity index (χ0v) is 13.9. The molecule has 1 aromatic rings. The predicted octanol–water partition coefficient (Wildman–Crippen LogP) is 3.19. The molecule has 1 atom stereocenters. The average molecular weight is 302 g/mol. The number of benzene rings is 1. The smallest absolute Gasteiger partial charge is 0.251 e. The van der Waals surface area contributed by atoms with Gasteiger partial charge in [-0.3, -0.25) is 9.59 Å². The summed E-state index contributed by atoms with van der Waals surface area (Å²) in [5, 5.41) is 5.79. The topological polar surface area (TPSA) is 58.2 Å². The Morgan fingerprint density at radius 2 is 1.82 bits per heavy atom. The first-order valence-corrected chi connectivity index (χ1v) is 7.82. The minimum Gasteiger partial charge on any atom is -0.350 e. The number of carbonyl (C=O) groups is 2. The fourth-order valence-corrected chi connectivity index (χ4v) is 1.90. The van der Waals surface area contributed by atoms with Crippen molar-refractivity contribution >= 4 is 11.8 Å². The number of allylic oxidation sites excluding steroid dienone is 1. The fraction of sp³-hybridized carbons (Fsp3) is 0.444. The largest absolute Gasteiger partial charge is 0.350 e. The second kappa shape index (κ2) is 9.03. The maximum atomic E-state index is 12.0. The molecule has 0 saturated heterocycles. The van der Waals surface area contributed by atoms with Crippen LogP contribution in [-0.4, -0.2) is 17.9 Å². The summed E-state index contributed by atoms with van der Waals surface area (Å²) in [5.41, 5.74) is 2.34. The van der Waals surface area contributed by atoms with Crippen molar-refractivity contribution in [2.45, 2.75) is 53.1 Å². The highest BCUT2D eigenvalue weighted by Gasteiger charge is 2.08. The van der Waals surface area contributed by atoms with Crippen molar-refractivity contribution in [1.82, 2.24) is 10.6 Å². The monoisotopic (exact) mass is 302 g/mol. The second-order valence-electron chi connectivity index (χ2n) is 5.46. The van der Waals surface area contributed by atoms with Gasteiger partial charge in [0.1, 0.15) is 0 Å². The minimum absolute atomic E-state index is 0.0551. The van der Waals surface area contributed by atoms with Crippen molar-refractivity contribution < 1.29 is 9.59 Å². The highest BCUT2D eigenvalue weighted by Crippen LogP contribution is 2.06. The summed E-state index contributed by atoms with van der Waals surface area (Å²) in [6, 6.07) is 7.47. The van der Waals surface area contributed by atoms with E-state index < -0.39 is 0 Å². The Hall–Kier alpha value is -2.10. The van der Waals surface area contributed by atoms with E-state index >= 15 is 0 Å². The number of hydrogen-bond acceptors (Lipinski definition) is 2. The molecule has 0 unspecified atom stereocenters. The van der Waals surface area contributed by atoms with Crippen molar-refractivity contribution in [2.24, 2.45) is 0 Å². The molecular weight excluding hydrogens is 276 g/mol. The maximum Gasteiger partial charge on any atom is 0.251 e. The van der Waals surface area contributed by atoms with Crippen LogP contribution < -0.4 is 10.6 Å². The van der Waals surface area contributed by atoms with Crippen LogP contribution in [0.5, 0.6) is 0 Å². The lowest BCUT2D eigenvalue weighted by Gasteiger charge is -2.11. The highest BCUT2D eigenvalue weighted by atomic mass is 16.2. The van der Waals surface area contributed by atoms with Gasteiger partial charge < -0.3 is 10.6 Å². The molecular formula is C18H26N2O2. The van der Waals surface area contributed by atoms with Crippen molar-refractivity contribution in [3.63, 3.8) is 0 Å². The van der Waals surface area contributed by atoms with Crippen molar-refractivity contribution in [3.8, 4) is 0 Å². The maximum absolute atomic E-state index is 12.0. The normalized spacial score (nSPS) is 12.6. The first kappa shape index (κ1) is 18.0. The van der Waals surface area contributed by atoms with Gasteiger partial charge in [0.15, 0.2) is 0 Å². The van der Waals surface area contributed by atoms with E-state index in [9.17, 15) is 9.59 Å². The number of nitrogens with one attached hydrogen (secondary N) is 2. The van der Waals surface area contributed by atoms with E-state index in [1.807, 2.05) is 39.0 Å². The molecule has 0 aliphatic heterocycles. The van der Waals surface area contributed by atoms with Crippen LogP contribution >= 0.6 is 0 Å². The summed E-state index contributed by atoms with van der Waals surface area (Å²) >= 11 is 0. The molecule has 1 aromatic carbocycles. The molecule has 2 amide bonds. The Labute approximate surface area is 133 Å². The van der Waals surface area contributed by atoms with Gasteiger partial charge in [0.2, 0.25) is 5.91 Å². The van der Waals surface area contributed by atoms with Crippen LogP contribution in [0.2, 0.25) is 0 Å². The average Bonchev–Trinajstić information content (AvgIpc) is 2.53. The van der Waals surface area contributed by atoms with Gasteiger partial charge in [-0.25, -0.2) is 0 Å². The minimum atomic E-state index is -0.0633. The molecule has 0 aliphatic rings. The van der Waals surface area contributed by atoms with Crippen molar-refractivity contribution in [1.29, 1.82) is 0 Å². The van der Waals surface area contributed by atoms with Crippen LogP contribution in [0, 0.1) is 0 Å². The molecule has 0 fully saturated rings. The van der Waals surface area contributed by atoms with E-state index in [0.29, 0.717) is 12.1 Å². The predicted molar refractivity (Wildman–Crippen MR) is 89.6 cm³/mol. The van der Waals surface area contributed by atoms with Gasteiger partial charge in [-0.05, 0) is 44.4 Å². The van der Waals surface area contributed by atoms with Gasteiger partial charge in [-0.2, -0.15) is 0 Å². The molecule has 1 rings (SSSR count). The zero-order valence-electron chi connectivity index (χ0n) is 13.9. The molecule has 0 radical (unpaired) electrons. The standard InChI is InChI=1S/C18H26N2O2/c1-5-7-13(3)17(21)19-12-15-8-10-16(11-9-15)18(22)20-14(4)6-2/h7-11,14H,5-6,12H2,1-4H3,(H,19,21)(H,20,22)/b13-7-/t14-/m0/s1. The molecule has 0 aromatic heterocycles. The van der Waals surface area contributed by atoms with Crippen molar-refractivity contribution in [2.75, 3.05) is 0 Å². The van der Waals surface area contributed by atoms with Gasteiger partial charge in [-0.1, -0.05) is 32.1 Å². The van der Waals surface area contributed by atoms with E-state index in [-0.39, 0.29) is 17.9 Å². The Bertz CT molecular complexity index is 533. The lowest BCUT2D eigenvalue weighted by atomic mass is 10.1. The molecule has 0 saturated carbocycles. The number of hydrogen-bond donors (Lipinski definition) is 2. The molecule has 4 heteroatoms. The van der Waals surface area contributed by atoms with Gasteiger partial charge >= 0.3 is 0 Å². The van der Waals surface area contributed by atoms with E-state index in [1.54, 1.807) is 19.1 Å². The third kappa shape index (κ3) is 5.72. The fourth-order valence-electron chi connectivity index (χ4n) is 1.90. The summed E-state index contributed by atoms with van der Waals surface area (Å²) in [5.74, 6) is -0.118. The summed E-state index contributed by atoms with van der Waals surface area (Å²) < 4.78 is 0. The van der Waals surface area contributed by atoms with Crippen LogP contribution in [-0.2, 0) is 11.3 Å². The van der Waals surface area contributed by atoms with E-state index in [0.717, 1.165) is 24.0 Å². The van der Waals surface area contributed by atoms with Gasteiger partial charge in [-0.15, -0.1) is 0 Å². The van der Waals surface area contributed by atoms with Crippen LogP contribution in [0.25, 0.3) is 0 Å². The summed E-state index contributed by atoms with van der Waals surface area (Å²) in [7, 11) is 0. The van der Waals surface area contributed by atoms with Gasteiger partial charge in [0, 0.05) is 23.7 Å². The number of carbonyl (C=O) groups excluding carboxylic acids is 2. The van der Waals surface area contributed by atoms with Crippen LogP contribution in [0.4, 0.5) is 0 Å². The first-order chi connectivity index (χ1) is 10.5. The third-order valence-corrected chi connectivity index (χ3v) is 3.53. The Morgan fingerprint density at radius 3 is 2.36 bits per heavy atom. The molecule has 0 aliphatic carbocycles. The van der Waals surface area contributed by atoms with Crippen LogP contribution in [0.15, 0.2) is 35.9 Å². The number of rotatable bonds is 7. The lowest BCUT2D eigenvalue weighted by molar-refractivity contribution is -0.117. The molecule has 4 nitrogen and oxygen atoms in total. The molecule has 22 heavy (non-hydrogen) atoms. The van der Waals surface area contributed by atoms with Gasteiger partial charge in [0.05, 0.1) is 0 Å². The SMILES string of the molecule is CC/C=C(/C)C(=O)NCc1ccc(C(=O)N[C@@H](C)CC)cc1. The summed E-state index contributed by atoms with van der Waals surface area (Å²) in [6.45, 7) is 8.28. The van der Waals surface area contributed by atoms with Crippen LogP contribution in [0.1, 0.15) is 56.5 Å². The third-order valence-electron chi connectivity index (χ3n) is 3.53. The van der Waals surface area contributed by atoms with Crippen molar-refractivity contribution in [3.05, 3.63) is 47.0 Å². The number of amides is 2. The lowest BCUT2D eigenvalue weighted by Crippen LogP contribution is -2.31. The molecule has 0 heterocycles. The zero-order chi connectivity index (χ0) is 16.5. The summed E-state index contributed by atoms with van der Waals surface area (Å²) in [6.07, 6.45) is 3.65. The molecule has 2 N–H and O–H groups in total. The van der Waals surface area contributed by atoms with E-state index in [1.165, 1.54) is 0 Å². The quantitative estimate of drug-likeness (QED) is 0.760. The molecule has 0 spiro atoms. The van der Waals surface area contributed by atoms with Gasteiger partial charge in [0.25, 0.3) is 5.91 Å². The van der Waals surface area contributed by atoms with E-state index in [4.69, 9.17) is 0 Å². The van der Waals surface area contributed by atoms with Crippen LogP contribution in [0.3, 0.4) is 0 Å². The Balaban J connectivity index is 2.57. The second-order valence-corrected chi connectivity index (χ2v) is 5.46.